The molecule has 0 N–H and O–H groups in total. The molecule has 0 heterocycles. The molecular weight excluding hydrogens is 192 g/mol. The first kappa shape index (κ1) is 13.4. The number of hydrogen-bond donors (Lipinski definition) is 0. The molecule has 0 spiro atoms. The summed E-state index contributed by atoms with van der Waals surface area (Å²) < 4.78 is 15.1. The molecule has 3 nitrogen and oxygen atoms in total. The summed E-state index contributed by atoms with van der Waals surface area (Å²) in [5.74, 6) is 1.10. The van der Waals surface area contributed by atoms with Crippen molar-refractivity contribution in [2.75, 3.05) is 21.3 Å². The summed E-state index contributed by atoms with van der Waals surface area (Å²) in [4.78, 5) is 0. The summed E-state index contributed by atoms with van der Waals surface area (Å²) in [5, 5.41) is 0. The predicted molar refractivity (Wildman–Crippen MR) is 61.1 cm³/mol. The molecule has 0 aromatic heterocycles. The van der Waals surface area contributed by atoms with Crippen molar-refractivity contribution in [1.82, 2.24) is 0 Å². The molecule has 0 aliphatic rings. The van der Waals surface area contributed by atoms with Crippen LogP contribution in [0.25, 0.3) is 0 Å². The van der Waals surface area contributed by atoms with E-state index in [0.29, 0.717) is 11.5 Å². The minimum atomic E-state index is 0.526. The molecule has 0 bridgehead atoms. The highest BCUT2D eigenvalue weighted by atomic mass is 16.5. The second-order valence-corrected chi connectivity index (χ2v) is 2.66. The smallest absolute Gasteiger partial charge is 0.164 e. The van der Waals surface area contributed by atoms with Crippen LogP contribution in [-0.2, 0) is 14.2 Å². The van der Waals surface area contributed by atoms with Crippen LogP contribution < -0.4 is 0 Å². The van der Waals surface area contributed by atoms with Gasteiger partial charge >= 0.3 is 0 Å². The third-order valence-electron chi connectivity index (χ3n) is 1.71. The van der Waals surface area contributed by atoms with E-state index in [1.807, 2.05) is 25.2 Å². The number of rotatable bonds is 6. The molecule has 0 saturated carbocycles. The second kappa shape index (κ2) is 7.74. The highest BCUT2D eigenvalue weighted by Gasteiger charge is 2.09. The van der Waals surface area contributed by atoms with Crippen LogP contribution in [0.1, 0.15) is 6.92 Å². The average molecular weight is 210 g/mol. The molecule has 0 aliphatic carbocycles. The fraction of sp³-hybridized carbons (Fsp3) is 0.333. The van der Waals surface area contributed by atoms with E-state index in [1.54, 1.807) is 21.3 Å². The Morgan fingerprint density at radius 2 is 1.80 bits per heavy atom. The van der Waals surface area contributed by atoms with Gasteiger partial charge in [-0.2, -0.15) is 0 Å². The van der Waals surface area contributed by atoms with Gasteiger partial charge in [0.15, 0.2) is 5.76 Å². The maximum Gasteiger partial charge on any atom is 0.164 e. The predicted octanol–water partition coefficient (Wildman–Crippen LogP) is 2.78. The van der Waals surface area contributed by atoms with Crippen LogP contribution in [0.15, 0.2) is 48.2 Å². The third kappa shape index (κ3) is 4.40. The van der Waals surface area contributed by atoms with E-state index in [0.717, 1.165) is 5.57 Å². The Balaban J connectivity index is 5.08. The summed E-state index contributed by atoms with van der Waals surface area (Å²) in [6.07, 6.45) is 7.13. The molecule has 0 amide bonds. The lowest BCUT2D eigenvalue weighted by atomic mass is 10.2. The fourth-order valence-electron chi connectivity index (χ4n) is 0.943. The van der Waals surface area contributed by atoms with Crippen LogP contribution >= 0.6 is 0 Å². The van der Waals surface area contributed by atoms with Crippen molar-refractivity contribution >= 4 is 0 Å². The van der Waals surface area contributed by atoms with E-state index >= 15 is 0 Å². The first-order valence-corrected chi connectivity index (χ1v) is 4.54. The van der Waals surface area contributed by atoms with Gasteiger partial charge in [0, 0.05) is 0 Å². The second-order valence-electron chi connectivity index (χ2n) is 2.66. The molecule has 0 aromatic carbocycles. The third-order valence-corrected chi connectivity index (χ3v) is 1.71. The minimum Gasteiger partial charge on any atom is -0.500 e. The van der Waals surface area contributed by atoms with Crippen molar-refractivity contribution in [3.8, 4) is 0 Å². The van der Waals surface area contributed by atoms with Crippen molar-refractivity contribution in [3.05, 3.63) is 48.2 Å². The normalized spacial score (nSPS) is 12.8. The van der Waals surface area contributed by atoms with Crippen molar-refractivity contribution in [2.24, 2.45) is 0 Å². The van der Waals surface area contributed by atoms with E-state index in [4.69, 9.17) is 14.2 Å². The quantitative estimate of drug-likeness (QED) is 0.498. The van der Waals surface area contributed by atoms with Gasteiger partial charge in [-0.3, -0.25) is 0 Å². The van der Waals surface area contributed by atoms with Crippen LogP contribution in [0.3, 0.4) is 0 Å². The van der Waals surface area contributed by atoms with Crippen molar-refractivity contribution in [2.45, 2.75) is 6.92 Å². The van der Waals surface area contributed by atoms with Gasteiger partial charge in [-0.15, -0.1) is 0 Å². The molecule has 0 rings (SSSR count). The van der Waals surface area contributed by atoms with Crippen LogP contribution in [0.5, 0.6) is 0 Å². The number of ether oxygens (including phenoxy) is 3. The zero-order chi connectivity index (χ0) is 11.7. The number of methoxy groups -OCH3 is 3. The Labute approximate surface area is 91.3 Å². The van der Waals surface area contributed by atoms with E-state index in [1.165, 1.54) is 6.26 Å². The molecule has 0 saturated heterocycles. The van der Waals surface area contributed by atoms with Crippen LogP contribution in [-0.4, -0.2) is 21.3 Å². The van der Waals surface area contributed by atoms with Gasteiger partial charge in [0.25, 0.3) is 0 Å². The lowest BCUT2D eigenvalue weighted by molar-refractivity contribution is 0.244. The monoisotopic (exact) mass is 210 g/mol. The highest BCUT2D eigenvalue weighted by Crippen LogP contribution is 2.19. The van der Waals surface area contributed by atoms with E-state index in [-0.39, 0.29) is 0 Å². The van der Waals surface area contributed by atoms with Gasteiger partial charge in [-0.05, 0) is 13.0 Å². The molecular formula is C12H18O3. The molecule has 0 atom stereocenters. The van der Waals surface area contributed by atoms with Crippen molar-refractivity contribution < 1.29 is 14.2 Å². The SMILES string of the molecule is C=C(OC)C(=C\C=C\C)/C(=C/OC)OC. The Kier molecular flexibility index (Phi) is 6.89. The van der Waals surface area contributed by atoms with Crippen molar-refractivity contribution in [3.63, 3.8) is 0 Å². The summed E-state index contributed by atoms with van der Waals surface area (Å²) in [6.45, 7) is 5.70. The summed E-state index contributed by atoms with van der Waals surface area (Å²) >= 11 is 0. The molecule has 84 valence electrons. The van der Waals surface area contributed by atoms with Gasteiger partial charge in [0.1, 0.15) is 12.0 Å². The molecule has 0 unspecified atom stereocenters. The Morgan fingerprint density at radius 1 is 1.13 bits per heavy atom. The maximum atomic E-state index is 5.17. The fourth-order valence-corrected chi connectivity index (χ4v) is 0.943. The first-order chi connectivity index (χ1) is 7.21. The maximum absolute atomic E-state index is 5.17. The lowest BCUT2D eigenvalue weighted by Crippen LogP contribution is -1.98. The zero-order valence-electron chi connectivity index (χ0n) is 9.74. The molecule has 0 aromatic rings. The minimum absolute atomic E-state index is 0.526. The van der Waals surface area contributed by atoms with Gasteiger partial charge in [0.2, 0.25) is 0 Å². The first-order valence-electron chi connectivity index (χ1n) is 4.54. The van der Waals surface area contributed by atoms with Crippen molar-refractivity contribution in [1.29, 1.82) is 0 Å². The molecule has 0 aliphatic heterocycles. The van der Waals surface area contributed by atoms with Gasteiger partial charge < -0.3 is 14.2 Å². The van der Waals surface area contributed by atoms with E-state index < -0.39 is 0 Å². The summed E-state index contributed by atoms with van der Waals surface area (Å²) in [5.41, 5.74) is 0.750. The largest absolute Gasteiger partial charge is 0.500 e. The molecule has 3 heteroatoms. The zero-order valence-corrected chi connectivity index (χ0v) is 9.74. The lowest BCUT2D eigenvalue weighted by Gasteiger charge is -2.11. The van der Waals surface area contributed by atoms with Crippen LogP contribution in [0, 0.1) is 0 Å². The van der Waals surface area contributed by atoms with E-state index in [2.05, 4.69) is 6.58 Å². The van der Waals surface area contributed by atoms with Crippen LogP contribution in [0.2, 0.25) is 0 Å². The standard InChI is InChI=1S/C12H18O3/c1-6-7-8-11(10(2)14-4)12(15-5)9-13-3/h6-9H,2H2,1,3-5H3/b7-6+,11-8+,12-9-. The highest BCUT2D eigenvalue weighted by molar-refractivity contribution is 5.40. The van der Waals surface area contributed by atoms with Gasteiger partial charge in [-0.1, -0.05) is 18.7 Å². The Morgan fingerprint density at radius 3 is 2.20 bits per heavy atom. The average Bonchev–Trinajstić information content (AvgIpc) is 2.27. The summed E-state index contributed by atoms with van der Waals surface area (Å²) in [6, 6.07) is 0. The Hall–Kier alpha value is -1.64. The molecule has 0 fully saturated rings. The number of allylic oxidation sites excluding steroid dienone is 3. The van der Waals surface area contributed by atoms with E-state index in [9.17, 15) is 0 Å². The van der Waals surface area contributed by atoms with Gasteiger partial charge in [-0.25, -0.2) is 0 Å². The number of hydrogen-bond acceptors (Lipinski definition) is 3. The molecule has 0 radical (unpaired) electrons. The topological polar surface area (TPSA) is 27.7 Å². The summed E-state index contributed by atoms with van der Waals surface area (Å²) in [7, 11) is 4.69. The Bertz CT molecular complexity index is 285. The van der Waals surface area contributed by atoms with Crippen LogP contribution in [0.4, 0.5) is 0 Å². The molecule has 15 heavy (non-hydrogen) atoms. The van der Waals surface area contributed by atoms with Gasteiger partial charge in [0.05, 0.1) is 26.9 Å².